The first-order valence-corrected chi connectivity index (χ1v) is 21.7. The molecule has 6 nitrogen and oxygen atoms in total. The Labute approximate surface area is 354 Å². The number of benzene rings is 6. The lowest BCUT2D eigenvalue weighted by Crippen LogP contribution is -2.30. The van der Waals surface area contributed by atoms with E-state index in [-0.39, 0.29) is 33.5 Å². The number of carbonyl (C=O) groups excluding carboxylic acids is 2. The van der Waals surface area contributed by atoms with Gasteiger partial charge in [0.25, 0.3) is 0 Å². The van der Waals surface area contributed by atoms with Gasteiger partial charge in [0.1, 0.15) is 11.1 Å². The summed E-state index contributed by atoms with van der Waals surface area (Å²) in [6.45, 7) is 9.08. The summed E-state index contributed by atoms with van der Waals surface area (Å²) >= 11 is 3.10. The third-order valence-corrected chi connectivity index (χ3v) is 15.0. The topological polar surface area (TPSA) is 59.1 Å². The Bertz CT molecular complexity index is 3040. The summed E-state index contributed by atoms with van der Waals surface area (Å²) in [7, 11) is 0. The Kier molecular flexibility index (Phi) is 7.28. The molecule has 4 aliphatic heterocycles. The van der Waals surface area contributed by atoms with Crippen molar-refractivity contribution in [3.05, 3.63) is 189 Å². The van der Waals surface area contributed by atoms with Crippen LogP contribution in [-0.4, -0.2) is 11.9 Å². The molecular formula is C52H36N2O4S2. The standard InChI is InChI=1S/C52H36N2O4S2/c1-51(2)33-19-11-13-21-35(33)53(31-15-7-5-8-16-31)37-25-23-29-27-39(59-47(29)43(37)51)45-41-42(50(56)57-45)46(58-49(41)55)40-28-30-24-26-38-44(48(30)60-40)52(3,4)34-20-12-14-22-36(34)54(38)32-17-9-6-10-18-32/h5-28H,1-4H3. The van der Waals surface area contributed by atoms with Crippen LogP contribution in [0.4, 0.5) is 34.1 Å². The van der Waals surface area contributed by atoms with Crippen LogP contribution in [0.15, 0.2) is 157 Å². The lowest BCUT2D eigenvalue weighted by molar-refractivity contribution is -0.131. The first-order valence-electron chi connectivity index (χ1n) is 20.1. The molecule has 8 heteroatoms. The molecule has 0 saturated heterocycles. The molecule has 0 spiro atoms. The van der Waals surface area contributed by atoms with E-state index in [0.29, 0.717) is 9.75 Å². The highest BCUT2D eigenvalue weighted by Gasteiger charge is 2.47. The summed E-state index contributed by atoms with van der Waals surface area (Å²) in [6.07, 6.45) is 0. The molecule has 0 amide bonds. The van der Waals surface area contributed by atoms with Crippen molar-refractivity contribution in [3.8, 4) is 0 Å². The molecule has 0 unspecified atom stereocenters. The second kappa shape index (κ2) is 12.4. The number of esters is 2. The average molecular weight is 817 g/mol. The molecule has 0 radical (unpaired) electrons. The minimum Gasteiger partial charge on any atom is -0.420 e. The third kappa shape index (κ3) is 4.74. The summed E-state index contributed by atoms with van der Waals surface area (Å²) in [5.74, 6) is -0.634. The van der Waals surface area contributed by atoms with Gasteiger partial charge in [-0.05, 0) is 82.6 Å². The lowest BCUT2D eigenvalue weighted by atomic mass is 9.73. The number of anilines is 6. The van der Waals surface area contributed by atoms with Crippen molar-refractivity contribution in [1.29, 1.82) is 0 Å². The van der Waals surface area contributed by atoms with Crippen molar-refractivity contribution < 1.29 is 19.1 Å². The number of thiophene rings is 2. The quantitative estimate of drug-likeness (QED) is 0.165. The predicted molar refractivity (Wildman–Crippen MR) is 243 cm³/mol. The number of ether oxygens (including phenoxy) is 2. The highest BCUT2D eigenvalue weighted by molar-refractivity contribution is 7.20. The van der Waals surface area contributed by atoms with Gasteiger partial charge in [0.2, 0.25) is 0 Å². The van der Waals surface area contributed by atoms with Gasteiger partial charge in [0, 0.05) is 42.7 Å². The summed E-state index contributed by atoms with van der Waals surface area (Å²) in [5, 5.41) is 2.04. The van der Waals surface area contributed by atoms with Gasteiger partial charge >= 0.3 is 11.9 Å². The molecule has 60 heavy (non-hydrogen) atoms. The smallest absolute Gasteiger partial charge is 0.348 e. The Morgan fingerprint density at radius 1 is 0.450 bits per heavy atom. The number of para-hydroxylation sites is 4. The van der Waals surface area contributed by atoms with E-state index in [1.807, 2.05) is 24.3 Å². The number of carbonyl (C=O) groups is 2. The maximum atomic E-state index is 14.0. The average Bonchev–Trinajstić information content (AvgIpc) is 4.05. The second-order valence-electron chi connectivity index (χ2n) is 16.8. The Morgan fingerprint density at radius 3 is 1.25 bits per heavy atom. The van der Waals surface area contributed by atoms with Gasteiger partial charge in [0.15, 0.2) is 11.5 Å². The monoisotopic (exact) mass is 816 g/mol. The first-order chi connectivity index (χ1) is 29.1. The van der Waals surface area contributed by atoms with Crippen LogP contribution >= 0.6 is 22.7 Å². The first kappa shape index (κ1) is 35.2. The summed E-state index contributed by atoms with van der Waals surface area (Å²) < 4.78 is 14.3. The molecule has 0 saturated carbocycles. The van der Waals surface area contributed by atoms with E-state index in [4.69, 9.17) is 9.47 Å². The van der Waals surface area contributed by atoms with Crippen molar-refractivity contribution >= 4 is 100 Å². The fourth-order valence-corrected chi connectivity index (χ4v) is 12.7. The summed E-state index contributed by atoms with van der Waals surface area (Å²) in [4.78, 5) is 34.1. The fourth-order valence-electron chi connectivity index (χ4n) is 9.98. The number of hydrogen-bond acceptors (Lipinski definition) is 8. The minimum absolute atomic E-state index is 0.190. The van der Waals surface area contributed by atoms with Crippen LogP contribution in [0.3, 0.4) is 0 Å². The predicted octanol–water partition coefficient (Wildman–Crippen LogP) is 13.6. The van der Waals surface area contributed by atoms with Crippen LogP contribution < -0.4 is 9.80 Å². The molecule has 290 valence electrons. The molecule has 12 rings (SSSR count). The highest BCUT2D eigenvalue weighted by Crippen LogP contribution is 2.58. The van der Waals surface area contributed by atoms with E-state index >= 15 is 0 Å². The van der Waals surface area contributed by atoms with Crippen LogP contribution in [-0.2, 0) is 29.9 Å². The van der Waals surface area contributed by atoms with Crippen molar-refractivity contribution in [3.63, 3.8) is 0 Å². The van der Waals surface area contributed by atoms with Gasteiger partial charge in [-0.3, -0.25) is 0 Å². The number of hydrogen-bond donors (Lipinski definition) is 0. The molecule has 0 aliphatic carbocycles. The van der Waals surface area contributed by atoms with Crippen LogP contribution in [0.25, 0.3) is 31.7 Å². The maximum absolute atomic E-state index is 14.0. The van der Waals surface area contributed by atoms with Crippen molar-refractivity contribution in [2.24, 2.45) is 0 Å². The summed E-state index contributed by atoms with van der Waals surface area (Å²) in [5.41, 5.74) is 11.1. The van der Waals surface area contributed by atoms with E-state index in [2.05, 4.69) is 159 Å². The lowest BCUT2D eigenvalue weighted by Gasteiger charge is -2.42. The zero-order chi connectivity index (χ0) is 40.7. The van der Waals surface area contributed by atoms with Gasteiger partial charge in [-0.1, -0.05) is 113 Å². The van der Waals surface area contributed by atoms with Crippen LogP contribution in [0.2, 0.25) is 0 Å². The highest BCUT2D eigenvalue weighted by atomic mass is 32.1. The molecule has 8 aromatic rings. The molecule has 4 aliphatic rings. The molecule has 6 heterocycles. The molecular weight excluding hydrogens is 781 g/mol. The van der Waals surface area contributed by atoms with Crippen LogP contribution in [0.5, 0.6) is 0 Å². The maximum Gasteiger partial charge on any atom is 0.348 e. The second-order valence-corrected chi connectivity index (χ2v) is 18.9. The number of rotatable bonds is 4. The van der Waals surface area contributed by atoms with E-state index in [0.717, 1.165) is 54.3 Å². The van der Waals surface area contributed by atoms with Crippen molar-refractivity contribution in [2.75, 3.05) is 9.80 Å². The molecule has 0 atom stereocenters. The summed E-state index contributed by atoms with van der Waals surface area (Å²) in [6, 6.07) is 50.7. The van der Waals surface area contributed by atoms with Crippen molar-refractivity contribution in [2.45, 2.75) is 38.5 Å². The largest absolute Gasteiger partial charge is 0.420 e. The van der Waals surface area contributed by atoms with Gasteiger partial charge in [-0.15, -0.1) is 22.7 Å². The normalized spacial score (nSPS) is 17.1. The number of cyclic esters (lactones) is 2. The number of nitrogens with zero attached hydrogens (tertiary/aromatic N) is 2. The molecule has 6 aromatic carbocycles. The fraction of sp³-hybridized carbons (Fsp3) is 0.115. The van der Waals surface area contributed by atoms with Gasteiger partial charge in [0.05, 0.1) is 32.5 Å². The molecule has 2 aromatic heterocycles. The van der Waals surface area contributed by atoms with Gasteiger partial charge in [-0.25, -0.2) is 9.59 Å². The Hall–Kier alpha value is -6.74. The Morgan fingerprint density at radius 2 is 0.833 bits per heavy atom. The van der Waals surface area contributed by atoms with Crippen LogP contribution in [0.1, 0.15) is 59.7 Å². The van der Waals surface area contributed by atoms with Crippen LogP contribution in [0, 0.1) is 0 Å². The number of fused-ring (bicyclic) bond motifs is 9. The third-order valence-electron chi connectivity index (χ3n) is 12.7. The zero-order valence-electron chi connectivity index (χ0n) is 33.2. The SMILES string of the molecule is CC1(C)c2ccccc2N(c2ccccc2)c2ccc3cc(C4=C5C(=O)OC(c6cc7ccc8c(c7s6)C(C)(C)c6ccccc6N8c6ccccc6)=C5C(=O)O4)sc3c21. The van der Waals surface area contributed by atoms with Gasteiger partial charge in [-0.2, -0.15) is 0 Å². The van der Waals surface area contributed by atoms with E-state index < -0.39 is 11.9 Å². The molecule has 0 N–H and O–H groups in total. The molecule has 0 bridgehead atoms. The van der Waals surface area contributed by atoms with E-state index in [1.165, 1.54) is 22.3 Å². The van der Waals surface area contributed by atoms with Gasteiger partial charge < -0.3 is 19.3 Å². The Balaban J connectivity index is 1.00. The minimum atomic E-state index is -0.575. The van der Waals surface area contributed by atoms with E-state index in [1.54, 1.807) is 22.7 Å². The van der Waals surface area contributed by atoms with E-state index in [9.17, 15) is 9.59 Å². The zero-order valence-corrected chi connectivity index (χ0v) is 34.8. The van der Waals surface area contributed by atoms with Crippen molar-refractivity contribution in [1.82, 2.24) is 0 Å². The molecule has 0 fully saturated rings.